The molecule has 0 fully saturated rings. The summed E-state index contributed by atoms with van der Waals surface area (Å²) in [6.45, 7) is -0.0490. The summed E-state index contributed by atoms with van der Waals surface area (Å²) in [6.07, 6.45) is 4.69. The normalized spacial score (nSPS) is 11.1. The molecule has 20 heavy (non-hydrogen) atoms. The lowest BCUT2D eigenvalue weighted by Gasteiger charge is -2.00. The molecular weight excluding hydrogens is 326 g/mol. The number of hydrogen-bond acceptors (Lipinski definition) is 4. The van der Waals surface area contributed by atoms with E-state index < -0.39 is 4.92 Å². The first-order valence-electron chi connectivity index (χ1n) is 5.86. The number of aliphatic hydroxyl groups is 1. The number of rotatable bonds is 5. The standard InChI is InChI=1S/C13H12BrN3O3/c14-11-4-1-10(2-5-11)3-6-12-15-9-13(17(19)20)16(12)7-8-18/h1-6,9,18H,7-8H2/b6-3+. The van der Waals surface area contributed by atoms with Gasteiger partial charge in [-0.2, -0.15) is 0 Å². The molecule has 2 rings (SSSR count). The fourth-order valence-electron chi connectivity index (χ4n) is 1.73. The third kappa shape index (κ3) is 3.31. The number of halogens is 1. The number of aromatic nitrogens is 2. The molecule has 1 N–H and O–H groups in total. The average molecular weight is 338 g/mol. The first-order chi connectivity index (χ1) is 9.61. The fraction of sp³-hybridized carbons (Fsp3) is 0.154. The summed E-state index contributed by atoms with van der Waals surface area (Å²) in [5.41, 5.74) is 0.953. The van der Waals surface area contributed by atoms with Crippen molar-refractivity contribution in [2.24, 2.45) is 0 Å². The van der Waals surface area contributed by atoms with Gasteiger partial charge in [-0.3, -0.25) is 0 Å². The molecule has 1 aromatic carbocycles. The van der Waals surface area contributed by atoms with Gasteiger partial charge in [0.05, 0.1) is 6.61 Å². The number of nitrogens with zero attached hydrogens (tertiary/aromatic N) is 3. The van der Waals surface area contributed by atoms with Gasteiger partial charge in [-0.15, -0.1) is 0 Å². The van der Waals surface area contributed by atoms with Crippen LogP contribution in [0.25, 0.3) is 12.2 Å². The van der Waals surface area contributed by atoms with Gasteiger partial charge in [0.1, 0.15) is 12.7 Å². The van der Waals surface area contributed by atoms with Gasteiger partial charge in [0, 0.05) is 10.5 Å². The number of hydrogen-bond donors (Lipinski definition) is 1. The van der Waals surface area contributed by atoms with Crippen molar-refractivity contribution in [1.82, 2.24) is 9.55 Å². The van der Waals surface area contributed by atoms with Crippen molar-refractivity contribution in [2.75, 3.05) is 6.61 Å². The van der Waals surface area contributed by atoms with Gasteiger partial charge in [0.15, 0.2) is 0 Å². The van der Waals surface area contributed by atoms with E-state index in [0.717, 1.165) is 10.0 Å². The van der Waals surface area contributed by atoms with Crippen molar-refractivity contribution in [3.8, 4) is 0 Å². The van der Waals surface area contributed by atoms with Crippen molar-refractivity contribution in [3.63, 3.8) is 0 Å². The molecule has 2 aromatic rings. The van der Waals surface area contributed by atoms with E-state index in [9.17, 15) is 10.1 Å². The molecule has 0 saturated heterocycles. The van der Waals surface area contributed by atoms with Gasteiger partial charge < -0.3 is 15.2 Å². The number of aliphatic hydroxyl groups excluding tert-OH is 1. The molecule has 1 aromatic heterocycles. The molecule has 0 aliphatic heterocycles. The lowest BCUT2D eigenvalue weighted by Crippen LogP contribution is -2.07. The maximum absolute atomic E-state index is 10.9. The summed E-state index contributed by atoms with van der Waals surface area (Å²) < 4.78 is 2.35. The molecule has 0 bridgehead atoms. The molecule has 0 unspecified atom stereocenters. The Morgan fingerprint density at radius 3 is 2.65 bits per heavy atom. The van der Waals surface area contributed by atoms with Crippen molar-refractivity contribution in [1.29, 1.82) is 0 Å². The van der Waals surface area contributed by atoms with Crippen molar-refractivity contribution in [2.45, 2.75) is 6.54 Å². The van der Waals surface area contributed by atoms with Crippen LogP contribution in [-0.4, -0.2) is 26.2 Å². The Hall–Kier alpha value is -1.99. The predicted octanol–water partition coefficient (Wildman–Crippen LogP) is 2.72. The maximum Gasteiger partial charge on any atom is 0.343 e. The highest BCUT2D eigenvalue weighted by Gasteiger charge is 2.17. The topological polar surface area (TPSA) is 81.2 Å². The Morgan fingerprint density at radius 2 is 2.05 bits per heavy atom. The van der Waals surface area contributed by atoms with Gasteiger partial charge >= 0.3 is 5.82 Å². The van der Waals surface area contributed by atoms with E-state index in [1.807, 2.05) is 30.3 Å². The summed E-state index contributed by atoms with van der Waals surface area (Å²) in [5, 5.41) is 19.8. The second-order valence-corrected chi connectivity index (χ2v) is 4.91. The Bertz CT molecular complexity index is 635. The Kier molecular flexibility index (Phi) is 4.65. The van der Waals surface area contributed by atoms with Crippen LogP contribution in [0.5, 0.6) is 0 Å². The third-order valence-electron chi connectivity index (χ3n) is 2.67. The molecule has 104 valence electrons. The maximum atomic E-state index is 10.9. The van der Waals surface area contributed by atoms with Crippen LogP contribution in [0.4, 0.5) is 5.82 Å². The van der Waals surface area contributed by atoms with Crippen LogP contribution in [0, 0.1) is 10.1 Å². The molecule has 1 heterocycles. The summed E-state index contributed by atoms with van der Waals surface area (Å²) in [7, 11) is 0. The molecule has 0 radical (unpaired) electrons. The SMILES string of the molecule is O=[N+]([O-])c1cnc(/C=C/c2ccc(Br)cc2)n1CCO. The highest BCUT2D eigenvalue weighted by Crippen LogP contribution is 2.17. The summed E-state index contributed by atoms with van der Waals surface area (Å²) >= 11 is 3.35. The largest absolute Gasteiger partial charge is 0.392 e. The Morgan fingerprint density at radius 1 is 1.35 bits per heavy atom. The highest BCUT2D eigenvalue weighted by atomic mass is 79.9. The minimum atomic E-state index is -0.514. The van der Waals surface area contributed by atoms with E-state index in [4.69, 9.17) is 5.11 Å². The second-order valence-electron chi connectivity index (χ2n) is 3.99. The molecule has 0 amide bonds. The predicted molar refractivity (Wildman–Crippen MR) is 79.0 cm³/mol. The van der Waals surface area contributed by atoms with Gasteiger partial charge in [-0.25, -0.2) is 9.55 Å². The van der Waals surface area contributed by atoms with Crippen LogP contribution >= 0.6 is 15.9 Å². The second kappa shape index (κ2) is 6.44. The third-order valence-corrected chi connectivity index (χ3v) is 3.20. The summed E-state index contributed by atoms with van der Waals surface area (Å²) in [4.78, 5) is 14.3. The van der Waals surface area contributed by atoms with Crippen LogP contribution in [0.15, 0.2) is 34.9 Å². The number of benzene rings is 1. The Balaban J connectivity index is 2.28. The van der Waals surface area contributed by atoms with Crippen LogP contribution in [0.3, 0.4) is 0 Å². The quantitative estimate of drug-likeness (QED) is 0.671. The zero-order valence-electron chi connectivity index (χ0n) is 10.4. The van der Waals surface area contributed by atoms with E-state index in [1.165, 1.54) is 10.8 Å². The van der Waals surface area contributed by atoms with Crippen LogP contribution in [0.2, 0.25) is 0 Å². The minimum Gasteiger partial charge on any atom is -0.392 e. The Labute approximate surface area is 123 Å². The van der Waals surface area contributed by atoms with Crippen LogP contribution in [-0.2, 0) is 6.54 Å². The smallest absolute Gasteiger partial charge is 0.343 e. The van der Waals surface area contributed by atoms with Crippen molar-refractivity contribution >= 4 is 33.9 Å². The highest BCUT2D eigenvalue weighted by molar-refractivity contribution is 9.10. The summed E-state index contributed by atoms with van der Waals surface area (Å²) in [6, 6.07) is 7.63. The van der Waals surface area contributed by atoms with E-state index in [1.54, 1.807) is 6.08 Å². The molecule has 6 nitrogen and oxygen atoms in total. The molecule has 0 saturated carbocycles. The van der Waals surface area contributed by atoms with Crippen LogP contribution in [0.1, 0.15) is 11.4 Å². The molecule has 0 aliphatic rings. The average Bonchev–Trinajstić information content (AvgIpc) is 2.82. The van der Waals surface area contributed by atoms with E-state index in [0.29, 0.717) is 5.82 Å². The van der Waals surface area contributed by atoms with Gasteiger partial charge in [0.2, 0.25) is 5.82 Å². The summed E-state index contributed by atoms with van der Waals surface area (Å²) in [5.74, 6) is 0.308. The number of nitro groups is 1. The van der Waals surface area contributed by atoms with E-state index >= 15 is 0 Å². The van der Waals surface area contributed by atoms with Crippen molar-refractivity contribution < 1.29 is 10.0 Å². The van der Waals surface area contributed by atoms with Crippen molar-refractivity contribution in [3.05, 3.63) is 56.4 Å². The van der Waals surface area contributed by atoms with Gasteiger partial charge in [-0.05, 0) is 28.7 Å². The fourth-order valence-corrected chi connectivity index (χ4v) is 2.00. The lowest BCUT2D eigenvalue weighted by molar-refractivity contribution is -0.392. The minimum absolute atomic E-state index is 0.130. The molecule has 0 aliphatic carbocycles. The zero-order chi connectivity index (χ0) is 14.5. The van der Waals surface area contributed by atoms with E-state index in [2.05, 4.69) is 20.9 Å². The molecule has 7 heteroatoms. The number of imidazole rings is 1. The lowest BCUT2D eigenvalue weighted by atomic mass is 10.2. The monoisotopic (exact) mass is 337 g/mol. The van der Waals surface area contributed by atoms with E-state index in [-0.39, 0.29) is 19.0 Å². The molecular formula is C13H12BrN3O3. The first kappa shape index (κ1) is 14.4. The molecule has 0 spiro atoms. The molecule has 0 atom stereocenters. The van der Waals surface area contributed by atoms with Gasteiger partial charge in [-0.1, -0.05) is 28.1 Å². The first-order valence-corrected chi connectivity index (χ1v) is 6.65. The van der Waals surface area contributed by atoms with Gasteiger partial charge in [0.25, 0.3) is 0 Å². The van der Waals surface area contributed by atoms with Crippen LogP contribution < -0.4 is 0 Å². The zero-order valence-corrected chi connectivity index (χ0v) is 12.0.